The molecule has 0 aliphatic rings. The van der Waals surface area contributed by atoms with Crippen LogP contribution in [0, 0.1) is 5.92 Å². The lowest BCUT2D eigenvalue weighted by Gasteiger charge is -2.16. The third kappa shape index (κ3) is 4.02. The molecule has 0 aliphatic carbocycles. The average Bonchev–Trinajstić information content (AvgIpc) is 2.72. The normalized spacial score (nSPS) is 13.0. The van der Waals surface area contributed by atoms with Gasteiger partial charge in [-0.25, -0.2) is 0 Å². The van der Waals surface area contributed by atoms with Gasteiger partial charge in [0.15, 0.2) is 5.75 Å². The van der Waals surface area contributed by atoms with E-state index in [4.69, 9.17) is 4.74 Å². The summed E-state index contributed by atoms with van der Waals surface area (Å²) >= 11 is 0. The Kier molecular flexibility index (Phi) is 6.19. The molecule has 1 heterocycles. The van der Waals surface area contributed by atoms with Gasteiger partial charge in [0.1, 0.15) is 0 Å². The first-order chi connectivity index (χ1) is 8.60. The first-order valence-corrected chi connectivity index (χ1v) is 6.91. The second-order valence-corrected chi connectivity index (χ2v) is 5.21. The number of rotatable bonds is 8. The quantitative estimate of drug-likeness (QED) is 0.724. The highest BCUT2D eigenvalue weighted by Gasteiger charge is 2.16. The van der Waals surface area contributed by atoms with E-state index in [-0.39, 0.29) is 0 Å². The molecule has 0 bridgehead atoms. The standard InChI is InChI=1S/C14H27N3O/c1-6-7-15-9-12(4)8-13-14(18-5)10-16-17(13)11(2)3/h10-12,15H,6-9H2,1-5H3. The number of nitrogens with zero attached hydrogens (tertiary/aromatic N) is 2. The summed E-state index contributed by atoms with van der Waals surface area (Å²) in [5.41, 5.74) is 1.21. The molecule has 1 atom stereocenters. The van der Waals surface area contributed by atoms with Crippen LogP contribution in [0.5, 0.6) is 5.75 Å². The van der Waals surface area contributed by atoms with E-state index in [9.17, 15) is 0 Å². The van der Waals surface area contributed by atoms with Gasteiger partial charge in [-0.1, -0.05) is 13.8 Å². The molecule has 4 nitrogen and oxygen atoms in total. The second kappa shape index (κ2) is 7.41. The maximum absolute atomic E-state index is 5.40. The van der Waals surface area contributed by atoms with Crippen LogP contribution in [0.2, 0.25) is 0 Å². The largest absolute Gasteiger partial charge is 0.493 e. The molecule has 1 aromatic heterocycles. The molecule has 0 aliphatic heterocycles. The van der Waals surface area contributed by atoms with Crippen LogP contribution in [0.25, 0.3) is 0 Å². The number of hydrogen-bond donors (Lipinski definition) is 1. The number of nitrogens with one attached hydrogen (secondary N) is 1. The van der Waals surface area contributed by atoms with E-state index in [2.05, 4.69) is 42.8 Å². The van der Waals surface area contributed by atoms with Crippen molar-refractivity contribution >= 4 is 0 Å². The van der Waals surface area contributed by atoms with Gasteiger partial charge < -0.3 is 10.1 Å². The van der Waals surface area contributed by atoms with Crippen LogP contribution in [-0.4, -0.2) is 30.0 Å². The molecular weight excluding hydrogens is 226 g/mol. The summed E-state index contributed by atoms with van der Waals surface area (Å²) in [4.78, 5) is 0. The lowest BCUT2D eigenvalue weighted by molar-refractivity contribution is 0.394. The summed E-state index contributed by atoms with van der Waals surface area (Å²) in [6.45, 7) is 10.9. The van der Waals surface area contributed by atoms with Gasteiger partial charge in [-0.15, -0.1) is 0 Å². The zero-order valence-corrected chi connectivity index (χ0v) is 12.4. The Morgan fingerprint density at radius 1 is 1.39 bits per heavy atom. The summed E-state index contributed by atoms with van der Waals surface area (Å²) in [6, 6.07) is 0.375. The minimum atomic E-state index is 0.375. The van der Waals surface area contributed by atoms with E-state index >= 15 is 0 Å². The van der Waals surface area contributed by atoms with Crippen LogP contribution < -0.4 is 10.1 Å². The Labute approximate surface area is 111 Å². The average molecular weight is 253 g/mol. The first-order valence-electron chi connectivity index (χ1n) is 6.91. The molecule has 0 aromatic carbocycles. The van der Waals surface area contributed by atoms with Crippen LogP contribution in [0.3, 0.4) is 0 Å². The zero-order chi connectivity index (χ0) is 13.5. The van der Waals surface area contributed by atoms with Crippen LogP contribution in [0.1, 0.15) is 45.9 Å². The maximum Gasteiger partial charge on any atom is 0.159 e. The molecule has 0 radical (unpaired) electrons. The minimum absolute atomic E-state index is 0.375. The molecule has 0 amide bonds. The second-order valence-electron chi connectivity index (χ2n) is 5.21. The van der Waals surface area contributed by atoms with Crippen LogP contribution in [-0.2, 0) is 6.42 Å². The summed E-state index contributed by atoms with van der Waals surface area (Å²) in [5.74, 6) is 1.49. The molecule has 4 heteroatoms. The fraction of sp³-hybridized carbons (Fsp3) is 0.786. The highest BCUT2D eigenvalue weighted by Crippen LogP contribution is 2.23. The predicted molar refractivity (Wildman–Crippen MR) is 75.2 cm³/mol. The topological polar surface area (TPSA) is 39.1 Å². The Hall–Kier alpha value is -1.03. The summed E-state index contributed by atoms with van der Waals surface area (Å²) in [7, 11) is 1.71. The van der Waals surface area contributed by atoms with Crippen molar-refractivity contribution in [3.63, 3.8) is 0 Å². The third-order valence-electron chi connectivity index (χ3n) is 3.03. The lowest BCUT2D eigenvalue weighted by Crippen LogP contribution is -2.24. The summed E-state index contributed by atoms with van der Waals surface area (Å²) < 4.78 is 7.46. The van der Waals surface area contributed by atoms with Crippen LogP contribution in [0.15, 0.2) is 6.20 Å². The zero-order valence-electron chi connectivity index (χ0n) is 12.4. The smallest absolute Gasteiger partial charge is 0.159 e. The fourth-order valence-electron chi connectivity index (χ4n) is 2.11. The van der Waals surface area contributed by atoms with Gasteiger partial charge in [0, 0.05) is 6.04 Å². The molecule has 1 aromatic rings. The molecule has 1 N–H and O–H groups in total. The van der Waals surface area contributed by atoms with Gasteiger partial charge in [0.05, 0.1) is 19.0 Å². The lowest BCUT2D eigenvalue weighted by atomic mass is 10.0. The van der Waals surface area contributed by atoms with Gasteiger partial charge in [0.25, 0.3) is 0 Å². The first kappa shape index (κ1) is 15.0. The van der Waals surface area contributed by atoms with Gasteiger partial charge >= 0.3 is 0 Å². The highest BCUT2D eigenvalue weighted by atomic mass is 16.5. The van der Waals surface area contributed by atoms with Crippen molar-refractivity contribution in [3.8, 4) is 5.75 Å². The minimum Gasteiger partial charge on any atom is -0.493 e. The van der Waals surface area contributed by atoms with E-state index < -0.39 is 0 Å². The Morgan fingerprint density at radius 2 is 2.11 bits per heavy atom. The summed E-state index contributed by atoms with van der Waals surface area (Å²) in [5, 5.41) is 7.87. The number of methoxy groups -OCH3 is 1. The van der Waals surface area contributed by atoms with Crippen molar-refractivity contribution in [2.75, 3.05) is 20.2 Å². The van der Waals surface area contributed by atoms with Gasteiger partial charge in [-0.3, -0.25) is 4.68 Å². The molecule has 0 saturated heterocycles. The van der Waals surface area contributed by atoms with Crippen molar-refractivity contribution < 1.29 is 4.74 Å². The van der Waals surface area contributed by atoms with Gasteiger partial charge in [-0.05, 0) is 45.7 Å². The van der Waals surface area contributed by atoms with E-state index in [0.29, 0.717) is 12.0 Å². The fourth-order valence-corrected chi connectivity index (χ4v) is 2.11. The van der Waals surface area contributed by atoms with Crippen LogP contribution in [0.4, 0.5) is 0 Å². The molecule has 1 rings (SSSR count). The Bertz CT molecular complexity index is 347. The van der Waals surface area contributed by atoms with Gasteiger partial charge in [-0.2, -0.15) is 5.10 Å². The number of ether oxygens (including phenoxy) is 1. The molecule has 0 spiro atoms. The maximum atomic E-state index is 5.40. The SMILES string of the molecule is CCCNCC(C)Cc1c(OC)cnn1C(C)C. The van der Waals surface area contributed by atoms with Crippen molar-refractivity contribution in [1.29, 1.82) is 0 Å². The van der Waals surface area contributed by atoms with Gasteiger partial charge in [0.2, 0.25) is 0 Å². The van der Waals surface area contributed by atoms with E-state index in [1.54, 1.807) is 7.11 Å². The predicted octanol–water partition coefficient (Wildman–Crippen LogP) is 2.65. The highest BCUT2D eigenvalue weighted by molar-refractivity contribution is 5.26. The Morgan fingerprint density at radius 3 is 2.67 bits per heavy atom. The summed E-state index contributed by atoms with van der Waals surface area (Å²) in [6.07, 6.45) is 4.00. The van der Waals surface area contributed by atoms with E-state index in [1.165, 1.54) is 12.1 Å². The molecule has 1 unspecified atom stereocenters. The number of aromatic nitrogens is 2. The van der Waals surface area contributed by atoms with E-state index in [0.717, 1.165) is 25.3 Å². The van der Waals surface area contributed by atoms with Crippen molar-refractivity contribution in [2.24, 2.45) is 5.92 Å². The van der Waals surface area contributed by atoms with E-state index in [1.807, 2.05) is 6.20 Å². The third-order valence-corrected chi connectivity index (χ3v) is 3.03. The van der Waals surface area contributed by atoms with Crippen molar-refractivity contribution in [3.05, 3.63) is 11.9 Å². The van der Waals surface area contributed by atoms with Crippen molar-refractivity contribution in [2.45, 2.75) is 46.6 Å². The Balaban J connectivity index is 2.66. The number of hydrogen-bond acceptors (Lipinski definition) is 3. The van der Waals surface area contributed by atoms with Crippen LogP contribution >= 0.6 is 0 Å². The molecule has 18 heavy (non-hydrogen) atoms. The molecule has 0 fully saturated rings. The molecule has 104 valence electrons. The van der Waals surface area contributed by atoms with Crippen molar-refractivity contribution in [1.82, 2.24) is 15.1 Å². The molecular formula is C14H27N3O. The monoisotopic (exact) mass is 253 g/mol. The molecule has 0 saturated carbocycles.